The van der Waals surface area contributed by atoms with Gasteiger partial charge >= 0.3 is 0 Å². The topological polar surface area (TPSA) is 24.4 Å². The molecule has 2 nitrogen and oxygen atoms in total. The van der Waals surface area contributed by atoms with E-state index in [-0.39, 0.29) is 0 Å². The summed E-state index contributed by atoms with van der Waals surface area (Å²) in [5.74, 6) is 1.08. The molecule has 0 saturated heterocycles. The van der Waals surface area contributed by atoms with Crippen LogP contribution < -0.4 is 5.32 Å². The van der Waals surface area contributed by atoms with Gasteiger partial charge in [-0.1, -0.05) is 0 Å². The molecular formula is C9H12N2S. The SMILES string of the molecule is Cc1ccsc1C1=NCC(C)N1. The molecule has 2 rings (SSSR count). The van der Waals surface area contributed by atoms with Crippen molar-refractivity contribution in [2.24, 2.45) is 4.99 Å². The molecule has 0 aliphatic carbocycles. The fourth-order valence-corrected chi connectivity index (χ4v) is 2.20. The van der Waals surface area contributed by atoms with Crippen LogP contribution in [0, 0.1) is 6.92 Å². The van der Waals surface area contributed by atoms with Gasteiger partial charge in [0.1, 0.15) is 5.84 Å². The Morgan fingerprint density at radius 2 is 2.50 bits per heavy atom. The lowest BCUT2D eigenvalue weighted by molar-refractivity contribution is 0.726. The maximum absolute atomic E-state index is 4.44. The molecule has 0 bridgehead atoms. The van der Waals surface area contributed by atoms with Crippen molar-refractivity contribution in [3.8, 4) is 0 Å². The Kier molecular flexibility index (Phi) is 1.89. The van der Waals surface area contributed by atoms with Crippen LogP contribution in [-0.4, -0.2) is 18.4 Å². The third-order valence-electron chi connectivity index (χ3n) is 1.98. The van der Waals surface area contributed by atoms with Crippen molar-refractivity contribution in [3.63, 3.8) is 0 Å². The van der Waals surface area contributed by atoms with Crippen molar-refractivity contribution in [3.05, 3.63) is 21.9 Å². The molecule has 3 heteroatoms. The van der Waals surface area contributed by atoms with Gasteiger partial charge in [-0.3, -0.25) is 4.99 Å². The van der Waals surface area contributed by atoms with Crippen LogP contribution in [0.15, 0.2) is 16.4 Å². The zero-order valence-electron chi connectivity index (χ0n) is 7.29. The minimum absolute atomic E-state index is 0.501. The highest BCUT2D eigenvalue weighted by Gasteiger charge is 2.16. The lowest BCUT2D eigenvalue weighted by atomic mass is 10.3. The molecule has 0 saturated carbocycles. The first-order valence-corrected chi connectivity index (χ1v) is 5.01. The molecule has 64 valence electrons. The quantitative estimate of drug-likeness (QED) is 0.700. The molecule has 0 spiro atoms. The number of nitrogens with one attached hydrogen (secondary N) is 1. The van der Waals surface area contributed by atoms with E-state index in [2.05, 4.69) is 35.6 Å². The molecule has 1 atom stereocenters. The Balaban J connectivity index is 2.27. The molecule has 0 aromatic carbocycles. The first-order chi connectivity index (χ1) is 5.77. The zero-order chi connectivity index (χ0) is 8.55. The minimum atomic E-state index is 0.501. The molecule has 12 heavy (non-hydrogen) atoms. The second-order valence-corrected chi connectivity index (χ2v) is 4.08. The van der Waals surface area contributed by atoms with E-state index in [1.807, 2.05) is 0 Å². The van der Waals surface area contributed by atoms with E-state index in [1.165, 1.54) is 10.4 Å². The van der Waals surface area contributed by atoms with Crippen molar-refractivity contribution in [2.45, 2.75) is 19.9 Å². The Labute approximate surface area is 76.3 Å². The minimum Gasteiger partial charge on any atom is -0.365 e. The number of nitrogens with zero attached hydrogens (tertiary/aromatic N) is 1. The van der Waals surface area contributed by atoms with Crippen LogP contribution in [0.3, 0.4) is 0 Å². The lowest BCUT2D eigenvalue weighted by Gasteiger charge is -2.04. The van der Waals surface area contributed by atoms with Gasteiger partial charge in [0, 0.05) is 6.04 Å². The summed E-state index contributed by atoms with van der Waals surface area (Å²) in [7, 11) is 0. The van der Waals surface area contributed by atoms with Crippen molar-refractivity contribution in [2.75, 3.05) is 6.54 Å². The number of aliphatic imine (C=N–C) groups is 1. The largest absolute Gasteiger partial charge is 0.365 e. The summed E-state index contributed by atoms with van der Waals surface area (Å²) in [6, 6.07) is 2.63. The number of thiophene rings is 1. The number of aryl methyl sites for hydroxylation is 1. The molecule has 1 N–H and O–H groups in total. The van der Waals surface area contributed by atoms with E-state index in [0.29, 0.717) is 6.04 Å². The van der Waals surface area contributed by atoms with Gasteiger partial charge in [-0.15, -0.1) is 11.3 Å². The van der Waals surface area contributed by atoms with E-state index in [0.717, 1.165) is 12.4 Å². The summed E-state index contributed by atoms with van der Waals surface area (Å²) in [6.07, 6.45) is 0. The molecule has 1 aliphatic heterocycles. The zero-order valence-corrected chi connectivity index (χ0v) is 8.11. The van der Waals surface area contributed by atoms with E-state index >= 15 is 0 Å². The molecule has 2 heterocycles. The van der Waals surface area contributed by atoms with Gasteiger partial charge in [0.2, 0.25) is 0 Å². The van der Waals surface area contributed by atoms with E-state index in [4.69, 9.17) is 0 Å². The van der Waals surface area contributed by atoms with Gasteiger partial charge in [-0.2, -0.15) is 0 Å². The van der Waals surface area contributed by atoms with Gasteiger partial charge in [0.25, 0.3) is 0 Å². The maximum atomic E-state index is 4.44. The number of hydrogen-bond acceptors (Lipinski definition) is 3. The predicted molar refractivity (Wildman–Crippen MR) is 53.1 cm³/mol. The maximum Gasteiger partial charge on any atom is 0.139 e. The van der Waals surface area contributed by atoms with Crippen molar-refractivity contribution in [1.29, 1.82) is 0 Å². The molecule has 1 aromatic heterocycles. The molecule has 0 amide bonds. The molecule has 0 radical (unpaired) electrons. The molecular weight excluding hydrogens is 168 g/mol. The van der Waals surface area contributed by atoms with Crippen LogP contribution in [0.5, 0.6) is 0 Å². The smallest absolute Gasteiger partial charge is 0.139 e. The van der Waals surface area contributed by atoms with Crippen molar-refractivity contribution < 1.29 is 0 Å². The standard InChI is InChI=1S/C9H12N2S/c1-6-3-4-12-8(6)9-10-5-7(2)11-9/h3-4,7H,5H2,1-2H3,(H,10,11). The highest BCUT2D eigenvalue weighted by molar-refractivity contribution is 7.12. The second-order valence-electron chi connectivity index (χ2n) is 3.17. The summed E-state index contributed by atoms with van der Waals surface area (Å²) in [5.41, 5.74) is 1.32. The van der Waals surface area contributed by atoms with Gasteiger partial charge in [-0.25, -0.2) is 0 Å². The number of amidine groups is 1. The Hall–Kier alpha value is -0.830. The molecule has 1 unspecified atom stereocenters. The monoisotopic (exact) mass is 180 g/mol. The average Bonchev–Trinajstić information content (AvgIpc) is 2.58. The third-order valence-corrected chi connectivity index (χ3v) is 3.01. The lowest BCUT2D eigenvalue weighted by Crippen LogP contribution is -2.27. The highest BCUT2D eigenvalue weighted by atomic mass is 32.1. The summed E-state index contributed by atoms with van der Waals surface area (Å²) in [4.78, 5) is 5.73. The van der Waals surface area contributed by atoms with E-state index < -0.39 is 0 Å². The van der Waals surface area contributed by atoms with Gasteiger partial charge in [0.05, 0.1) is 11.4 Å². The summed E-state index contributed by atoms with van der Waals surface area (Å²) in [5, 5.41) is 5.47. The van der Waals surface area contributed by atoms with E-state index in [1.54, 1.807) is 11.3 Å². The fraction of sp³-hybridized carbons (Fsp3) is 0.444. The first-order valence-electron chi connectivity index (χ1n) is 4.13. The molecule has 1 aliphatic rings. The van der Waals surface area contributed by atoms with Crippen LogP contribution >= 0.6 is 11.3 Å². The second kappa shape index (κ2) is 2.90. The van der Waals surface area contributed by atoms with Gasteiger partial charge in [-0.05, 0) is 30.9 Å². The average molecular weight is 180 g/mol. The first kappa shape index (κ1) is 7.80. The number of rotatable bonds is 1. The molecule has 0 fully saturated rings. The van der Waals surface area contributed by atoms with Crippen LogP contribution in [0.1, 0.15) is 17.4 Å². The van der Waals surface area contributed by atoms with Crippen LogP contribution in [-0.2, 0) is 0 Å². The Bertz CT molecular complexity index is 314. The summed E-state index contributed by atoms with van der Waals surface area (Å²) < 4.78 is 0. The van der Waals surface area contributed by atoms with Crippen LogP contribution in [0.4, 0.5) is 0 Å². The van der Waals surface area contributed by atoms with Gasteiger partial charge in [0.15, 0.2) is 0 Å². The predicted octanol–water partition coefficient (Wildman–Crippen LogP) is 1.79. The number of hydrogen-bond donors (Lipinski definition) is 1. The van der Waals surface area contributed by atoms with Crippen LogP contribution in [0.2, 0.25) is 0 Å². The van der Waals surface area contributed by atoms with Crippen molar-refractivity contribution in [1.82, 2.24) is 5.32 Å². The van der Waals surface area contributed by atoms with Crippen molar-refractivity contribution >= 4 is 17.2 Å². The normalized spacial score (nSPS) is 22.2. The Morgan fingerprint density at radius 3 is 3.00 bits per heavy atom. The molecule has 1 aromatic rings. The van der Waals surface area contributed by atoms with E-state index in [9.17, 15) is 0 Å². The fourth-order valence-electron chi connectivity index (χ4n) is 1.31. The van der Waals surface area contributed by atoms with Gasteiger partial charge < -0.3 is 5.32 Å². The Morgan fingerprint density at radius 1 is 1.67 bits per heavy atom. The summed E-state index contributed by atoms with van der Waals surface area (Å²) in [6.45, 7) is 5.19. The highest BCUT2D eigenvalue weighted by Crippen LogP contribution is 2.17. The van der Waals surface area contributed by atoms with Crippen LogP contribution in [0.25, 0.3) is 0 Å². The summed E-state index contributed by atoms with van der Waals surface area (Å²) >= 11 is 1.76. The third kappa shape index (κ3) is 1.25.